The second-order valence-corrected chi connectivity index (χ2v) is 28.6. The molecule has 0 aliphatic carbocycles. The van der Waals surface area contributed by atoms with Crippen LogP contribution in [0, 0.1) is 23.7 Å². The molecule has 3 N–H and O–H groups in total. The number of phosphoric acid groups is 2. The van der Waals surface area contributed by atoms with Gasteiger partial charge in [-0.15, -0.1) is 0 Å². The van der Waals surface area contributed by atoms with Crippen LogP contribution in [0.1, 0.15) is 325 Å². The lowest BCUT2D eigenvalue weighted by atomic mass is 10.00. The van der Waals surface area contributed by atoms with E-state index in [1.165, 1.54) is 116 Å². The topological polar surface area (TPSA) is 237 Å². The molecule has 0 aromatic carbocycles. The normalized spacial score (nSPS) is 15.0. The quantitative estimate of drug-likeness (QED) is 0.0222. The minimum atomic E-state index is -4.95. The Morgan fingerprint density at radius 2 is 0.558 bits per heavy atom. The zero-order chi connectivity index (χ0) is 63.9. The Balaban J connectivity index is 5.22. The standard InChI is InChI=1S/C67H130O17P2/c1-9-59(7)45-37-29-22-25-31-39-47-64(69)77-53-62(83-66(71)49-41-33-20-18-16-14-12-11-13-15-17-19-27-35-43-57(3)4)55-81-85(73,74)79-51-61(68)52-80-86(75,76)82-56-63(84-67(72)50-42-34-24-21-28-36-44-58(5)6)54-78-65(70)48-40-32-26-23-30-38-46-60(8)10-2/h57-63,68H,9-56H2,1-8H3,(H,73,74)(H,75,76)/t59?,60?,61-,62-,63-/m1/s1. The van der Waals surface area contributed by atoms with Crippen LogP contribution in [0.2, 0.25) is 0 Å². The van der Waals surface area contributed by atoms with E-state index in [4.69, 9.17) is 37.0 Å². The molecule has 4 unspecified atom stereocenters. The molecule has 0 aliphatic rings. The van der Waals surface area contributed by atoms with Crippen molar-refractivity contribution < 1.29 is 80.2 Å². The molecule has 0 saturated carbocycles. The smallest absolute Gasteiger partial charge is 0.462 e. The average molecular weight is 1270 g/mol. The van der Waals surface area contributed by atoms with Crippen molar-refractivity contribution in [3.63, 3.8) is 0 Å². The van der Waals surface area contributed by atoms with E-state index in [0.29, 0.717) is 31.6 Å². The van der Waals surface area contributed by atoms with Gasteiger partial charge in [-0.05, 0) is 49.4 Å². The molecule has 0 spiro atoms. The van der Waals surface area contributed by atoms with Crippen LogP contribution in [0.5, 0.6) is 0 Å². The number of hydrogen-bond acceptors (Lipinski definition) is 15. The number of esters is 4. The molecule has 17 nitrogen and oxygen atoms in total. The fourth-order valence-electron chi connectivity index (χ4n) is 9.89. The highest BCUT2D eigenvalue weighted by atomic mass is 31.2. The molecule has 0 aromatic heterocycles. The van der Waals surface area contributed by atoms with Gasteiger partial charge in [0.1, 0.15) is 19.3 Å². The van der Waals surface area contributed by atoms with Gasteiger partial charge in [0, 0.05) is 25.7 Å². The molecule has 86 heavy (non-hydrogen) atoms. The molecule has 0 saturated heterocycles. The van der Waals surface area contributed by atoms with Crippen LogP contribution in [-0.2, 0) is 65.4 Å². The summed E-state index contributed by atoms with van der Waals surface area (Å²) >= 11 is 0. The van der Waals surface area contributed by atoms with Gasteiger partial charge in [-0.1, -0.05) is 274 Å². The zero-order valence-corrected chi connectivity index (χ0v) is 57.7. The number of carbonyl (C=O) groups is 4. The summed E-state index contributed by atoms with van der Waals surface area (Å²) in [6.07, 6.45) is 37.8. The first-order valence-corrected chi connectivity index (χ1v) is 37.8. The maximum Gasteiger partial charge on any atom is 0.472 e. The van der Waals surface area contributed by atoms with Gasteiger partial charge in [0.05, 0.1) is 26.4 Å². The van der Waals surface area contributed by atoms with Crippen molar-refractivity contribution in [3.05, 3.63) is 0 Å². The molecule has 0 rings (SSSR count). The van der Waals surface area contributed by atoms with E-state index >= 15 is 0 Å². The molecule has 7 atom stereocenters. The van der Waals surface area contributed by atoms with E-state index in [-0.39, 0.29) is 25.7 Å². The van der Waals surface area contributed by atoms with Gasteiger partial charge < -0.3 is 33.8 Å². The van der Waals surface area contributed by atoms with Crippen molar-refractivity contribution in [1.29, 1.82) is 0 Å². The molecule has 0 radical (unpaired) electrons. The van der Waals surface area contributed by atoms with E-state index in [9.17, 15) is 43.2 Å². The molecule has 0 aromatic rings. The maximum atomic E-state index is 13.0. The van der Waals surface area contributed by atoms with Crippen LogP contribution < -0.4 is 0 Å². The van der Waals surface area contributed by atoms with Crippen molar-refractivity contribution in [1.82, 2.24) is 0 Å². The number of ether oxygens (including phenoxy) is 4. The van der Waals surface area contributed by atoms with Gasteiger partial charge in [-0.25, -0.2) is 9.13 Å². The highest BCUT2D eigenvalue weighted by Gasteiger charge is 2.30. The number of carbonyl (C=O) groups excluding carboxylic acids is 4. The fraction of sp³-hybridized carbons (Fsp3) is 0.940. The van der Waals surface area contributed by atoms with E-state index in [1.807, 2.05) is 0 Å². The number of unbranched alkanes of at least 4 members (excludes halogenated alkanes) is 28. The molecule has 0 amide bonds. The lowest BCUT2D eigenvalue weighted by Gasteiger charge is -2.21. The third-order valence-electron chi connectivity index (χ3n) is 16.0. The monoisotopic (exact) mass is 1270 g/mol. The van der Waals surface area contributed by atoms with Crippen molar-refractivity contribution in [2.75, 3.05) is 39.6 Å². The van der Waals surface area contributed by atoms with Gasteiger partial charge in [-0.2, -0.15) is 0 Å². The number of aliphatic hydroxyl groups is 1. The predicted octanol–water partition coefficient (Wildman–Crippen LogP) is 18.5. The first kappa shape index (κ1) is 84.1. The van der Waals surface area contributed by atoms with Gasteiger partial charge in [0.2, 0.25) is 0 Å². The maximum absolute atomic E-state index is 13.0. The lowest BCUT2D eigenvalue weighted by Crippen LogP contribution is -2.30. The number of hydrogen-bond donors (Lipinski definition) is 3. The third-order valence-corrected chi connectivity index (χ3v) is 17.9. The Morgan fingerprint density at radius 1 is 0.326 bits per heavy atom. The van der Waals surface area contributed by atoms with Crippen LogP contribution in [0.25, 0.3) is 0 Å². The minimum absolute atomic E-state index is 0.101. The van der Waals surface area contributed by atoms with Crippen molar-refractivity contribution in [2.24, 2.45) is 23.7 Å². The summed E-state index contributed by atoms with van der Waals surface area (Å²) in [7, 11) is -9.89. The SMILES string of the molecule is CCC(C)CCCCCCCCC(=O)OC[C@H](COP(=O)(O)OC[C@@H](O)COP(=O)(O)OC[C@@H](COC(=O)CCCCCCCCC(C)CC)OC(=O)CCCCCCCCC(C)C)OC(=O)CCCCCCCCCCCCCCCCC(C)C. The second kappa shape index (κ2) is 57.0. The molecule has 0 fully saturated rings. The largest absolute Gasteiger partial charge is 0.472 e. The van der Waals surface area contributed by atoms with E-state index < -0.39 is 97.5 Å². The number of aliphatic hydroxyl groups excluding tert-OH is 1. The first-order valence-electron chi connectivity index (χ1n) is 34.8. The zero-order valence-electron chi connectivity index (χ0n) is 55.9. The Morgan fingerprint density at radius 3 is 0.826 bits per heavy atom. The lowest BCUT2D eigenvalue weighted by molar-refractivity contribution is -0.161. The summed E-state index contributed by atoms with van der Waals surface area (Å²) < 4.78 is 68.1. The van der Waals surface area contributed by atoms with Gasteiger partial charge in [-0.3, -0.25) is 37.3 Å². The van der Waals surface area contributed by atoms with E-state index in [1.54, 1.807) is 0 Å². The molecule has 510 valence electrons. The van der Waals surface area contributed by atoms with Crippen molar-refractivity contribution >= 4 is 39.5 Å². The Bertz CT molecular complexity index is 1720. The molecule has 0 heterocycles. The van der Waals surface area contributed by atoms with Crippen LogP contribution in [-0.4, -0.2) is 96.7 Å². The summed E-state index contributed by atoms with van der Waals surface area (Å²) in [5, 5.41) is 10.6. The molecule has 19 heteroatoms. The minimum Gasteiger partial charge on any atom is -0.462 e. The fourth-order valence-corrected chi connectivity index (χ4v) is 11.5. The predicted molar refractivity (Wildman–Crippen MR) is 344 cm³/mol. The number of rotatable bonds is 64. The van der Waals surface area contributed by atoms with E-state index in [2.05, 4.69) is 55.4 Å². The average Bonchev–Trinajstić information content (AvgIpc) is 3.69. The third kappa shape index (κ3) is 58.4. The van der Waals surface area contributed by atoms with Gasteiger partial charge in [0.15, 0.2) is 12.2 Å². The Labute approximate surface area is 524 Å². The Hall–Kier alpha value is -1.94. The summed E-state index contributed by atoms with van der Waals surface area (Å²) in [4.78, 5) is 72.3. The molecular formula is C67H130O17P2. The summed E-state index contributed by atoms with van der Waals surface area (Å²) in [5.74, 6) is 0.786. The van der Waals surface area contributed by atoms with Crippen LogP contribution in [0.3, 0.4) is 0 Å². The van der Waals surface area contributed by atoms with Gasteiger partial charge >= 0.3 is 39.5 Å². The van der Waals surface area contributed by atoms with Crippen molar-refractivity contribution in [2.45, 2.75) is 343 Å². The molecule has 0 aliphatic heterocycles. The molecule has 0 bridgehead atoms. The van der Waals surface area contributed by atoms with Gasteiger partial charge in [0.25, 0.3) is 0 Å². The van der Waals surface area contributed by atoms with Crippen molar-refractivity contribution in [3.8, 4) is 0 Å². The van der Waals surface area contributed by atoms with Crippen LogP contribution in [0.4, 0.5) is 0 Å². The highest BCUT2D eigenvalue weighted by Crippen LogP contribution is 2.45. The number of phosphoric ester groups is 2. The first-order chi connectivity index (χ1) is 41.2. The summed E-state index contributed by atoms with van der Waals surface area (Å²) in [6.45, 7) is 14.0. The highest BCUT2D eigenvalue weighted by molar-refractivity contribution is 7.47. The summed E-state index contributed by atoms with van der Waals surface area (Å²) in [6, 6.07) is 0. The molecular weight excluding hydrogens is 1140 g/mol. The Kier molecular flexibility index (Phi) is 55.7. The summed E-state index contributed by atoms with van der Waals surface area (Å²) in [5.41, 5.74) is 0. The van der Waals surface area contributed by atoms with E-state index in [0.717, 1.165) is 120 Å². The second-order valence-electron chi connectivity index (χ2n) is 25.6. The van der Waals surface area contributed by atoms with Crippen LogP contribution >= 0.6 is 15.6 Å². The van der Waals surface area contributed by atoms with Crippen LogP contribution in [0.15, 0.2) is 0 Å².